The Bertz CT molecular complexity index is 1330. The van der Waals surface area contributed by atoms with Crippen molar-refractivity contribution in [1.29, 1.82) is 0 Å². The molecule has 0 unspecified atom stereocenters. The Morgan fingerprint density at radius 2 is 1.86 bits per heavy atom. The van der Waals surface area contributed by atoms with Gasteiger partial charge in [-0.1, -0.05) is 0 Å². The molecule has 1 saturated carbocycles. The van der Waals surface area contributed by atoms with Gasteiger partial charge in [0, 0.05) is 52.0 Å². The first-order valence-electron chi connectivity index (χ1n) is 11.9. The average molecular weight is 508 g/mol. The Balaban J connectivity index is 1.57. The summed E-state index contributed by atoms with van der Waals surface area (Å²) in [4.78, 5) is 31.5. The number of aromatic nitrogens is 5. The second-order valence-corrected chi connectivity index (χ2v) is 9.04. The number of hydrogen-bond acceptors (Lipinski definition) is 10. The third kappa shape index (κ3) is 5.03. The Kier molecular flexibility index (Phi) is 6.61. The van der Waals surface area contributed by atoms with Crippen LogP contribution in [0.5, 0.6) is 5.75 Å². The van der Waals surface area contributed by atoms with Crippen LogP contribution >= 0.6 is 0 Å². The lowest BCUT2D eigenvalue weighted by Gasteiger charge is -2.40. The van der Waals surface area contributed by atoms with Gasteiger partial charge in [0.05, 0.1) is 30.2 Å². The molecule has 2 amide bonds. The number of nitrogens with zero attached hydrogens (tertiary/aromatic N) is 6. The maximum Gasteiger partial charge on any atom is 0.273 e. The Morgan fingerprint density at radius 1 is 1.08 bits per heavy atom. The summed E-state index contributed by atoms with van der Waals surface area (Å²) in [7, 11) is 6.56. The number of ether oxygens (including phenoxy) is 2. The van der Waals surface area contributed by atoms with E-state index in [0.29, 0.717) is 28.5 Å². The van der Waals surface area contributed by atoms with Crippen molar-refractivity contribution in [3.05, 3.63) is 30.2 Å². The number of amides is 2. The highest BCUT2D eigenvalue weighted by molar-refractivity contribution is 6.00. The molecule has 194 valence electrons. The zero-order valence-corrected chi connectivity index (χ0v) is 21.1. The van der Waals surface area contributed by atoms with Gasteiger partial charge in [0.2, 0.25) is 5.91 Å². The largest absolute Gasteiger partial charge is 0.494 e. The van der Waals surface area contributed by atoms with Gasteiger partial charge >= 0.3 is 0 Å². The summed E-state index contributed by atoms with van der Waals surface area (Å²) in [6.45, 7) is 1.46. The number of anilines is 4. The maximum absolute atomic E-state index is 12.6. The van der Waals surface area contributed by atoms with Gasteiger partial charge < -0.3 is 30.3 Å². The van der Waals surface area contributed by atoms with E-state index in [9.17, 15) is 9.59 Å². The Morgan fingerprint density at radius 3 is 2.49 bits per heavy atom. The molecule has 0 atom stereocenters. The van der Waals surface area contributed by atoms with E-state index in [1.54, 1.807) is 38.3 Å². The van der Waals surface area contributed by atoms with Crippen LogP contribution in [0.15, 0.2) is 24.5 Å². The monoisotopic (exact) mass is 507 g/mol. The fraction of sp³-hybridized carbons (Fsp3) is 0.417. The quantitative estimate of drug-likeness (QED) is 0.390. The van der Waals surface area contributed by atoms with Crippen LogP contribution in [0, 0.1) is 5.92 Å². The van der Waals surface area contributed by atoms with Gasteiger partial charge in [-0.15, -0.1) is 10.2 Å². The second-order valence-electron chi connectivity index (χ2n) is 9.04. The van der Waals surface area contributed by atoms with E-state index in [1.807, 2.05) is 12.1 Å². The zero-order chi connectivity index (χ0) is 26.1. The molecular weight excluding hydrogens is 478 g/mol. The molecule has 37 heavy (non-hydrogen) atoms. The van der Waals surface area contributed by atoms with Crippen molar-refractivity contribution in [1.82, 2.24) is 30.3 Å². The minimum Gasteiger partial charge on any atom is -0.494 e. The molecule has 2 aromatic heterocycles. The molecule has 1 aromatic carbocycles. The number of aryl methyl sites for hydroxylation is 1. The standard InChI is InChI=1S/C24H29N9O4/c1-25-24(35)20-17(9-19(29-30-20)28-23(34)13-5-6-13)27-18-8-14(33-10-15(11-33)36-3)7-16(21(18)37-4)22-26-12-32(2)31-22/h7-9,12-13,15H,5-6,10-11H2,1-4H3,(H,25,35)(H2,27,28,29,34). The van der Waals surface area contributed by atoms with Crippen molar-refractivity contribution >= 4 is 34.7 Å². The fourth-order valence-corrected chi connectivity index (χ4v) is 4.09. The molecule has 1 aliphatic heterocycles. The maximum atomic E-state index is 12.6. The first kappa shape index (κ1) is 24.4. The molecule has 13 heteroatoms. The van der Waals surface area contributed by atoms with Gasteiger partial charge in [-0.25, -0.2) is 4.98 Å². The van der Waals surface area contributed by atoms with E-state index in [4.69, 9.17) is 9.47 Å². The molecule has 3 aromatic rings. The van der Waals surface area contributed by atoms with Crippen LogP contribution in [0.3, 0.4) is 0 Å². The average Bonchev–Trinajstić information content (AvgIpc) is 3.63. The van der Waals surface area contributed by atoms with E-state index in [1.165, 1.54) is 7.05 Å². The summed E-state index contributed by atoms with van der Waals surface area (Å²) in [6.07, 6.45) is 3.48. The summed E-state index contributed by atoms with van der Waals surface area (Å²) in [5.41, 5.74) is 2.58. The van der Waals surface area contributed by atoms with Crippen molar-refractivity contribution in [3.63, 3.8) is 0 Å². The van der Waals surface area contributed by atoms with E-state index < -0.39 is 5.91 Å². The van der Waals surface area contributed by atoms with Gasteiger partial charge in [0.15, 0.2) is 23.1 Å². The summed E-state index contributed by atoms with van der Waals surface area (Å²) in [6, 6.07) is 5.48. The second kappa shape index (κ2) is 10.0. The van der Waals surface area contributed by atoms with Gasteiger partial charge in [0.25, 0.3) is 5.91 Å². The van der Waals surface area contributed by atoms with Crippen LogP contribution < -0.4 is 25.6 Å². The van der Waals surface area contributed by atoms with Crippen LogP contribution in [0.4, 0.5) is 22.9 Å². The van der Waals surface area contributed by atoms with Crippen LogP contribution in [0.1, 0.15) is 23.3 Å². The molecule has 3 N–H and O–H groups in total. The molecule has 2 fully saturated rings. The molecule has 1 saturated heterocycles. The fourth-order valence-electron chi connectivity index (χ4n) is 4.09. The summed E-state index contributed by atoms with van der Waals surface area (Å²) >= 11 is 0. The number of hydrogen-bond donors (Lipinski definition) is 3. The third-order valence-corrected chi connectivity index (χ3v) is 6.37. The molecule has 3 heterocycles. The van der Waals surface area contributed by atoms with Crippen molar-refractivity contribution in [3.8, 4) is 17.1 Å². The smallest absolute Gasteiger partial charge is 0.273 e. The van der Waals surface area contributed by atoms with Crippen molar-refractivity contribution < 1.29 is 19.1 Å². The van der Waals surface area contributed by atoms with Crippen LogP contribution in [0.2, 0.25) is 0 Å². The zero-order valence-electron chi connectivity index (χ0n) is 21.1. The molecule has 0 radical (unpaired) electrons. The van der Waals surface area contributed by atoms with E-state index in [2.05, 4.69) is 41.1 Å². The SMILES string of the molecule is CNC(=O)c1nnc(NC(=O)C2CC2)cc1Nc1cc(N2CC(OC)C2)cc(-c2ncn(C)n2)c1OC. The lowest BCUT2D eigenvalue weighted by atomic mass is 10.1. The van der Waals surface area contributed by atoms with Crippen molar-refractivity contribution in [2.24, 2.45) is 13.0 Å². The Labute approximate surface area is 213 Å². The van der Waals surface area contributed by atoms with Gasteiger partial charge in [-0.3, -0.25) is 14.3 Å². The number of methoxy groups -OCH3 is 2. The van der Waals surface area contributed by atoms with Gasteiger partial charge in [0.1, 0.15) is 6.33 Å². The highest BCUT2D eigenvalue weighted by Crippen LogP contribution is 2.42. The summed E-state index contributed by atoms with van der Waals surface area (Å²) in [5, 5.41) is 21.2. The first-order chi connectivity index (χ1) is 17.9. The molecule has 13 nitrogen and oxygen atoms in total. The molecule has 0 bridgehead atoms. The molecular formula is C24H29N9O4. The molecule has 5 rings (SSSR count). The van der Waals surface area contributed by atoms with Crippen molar-refractivity contribution in [2.75, 3.05) is 49.9 Å². The normalized spacial score (nSPS) is 15.2. The summed E-state index contributed by atoms with van der Waals surface area (Å²) < 4.78 is 12.9. The predicted octanol–water partition coefficient (Wildman–Crippen LogP) is 1.57. The van der Waals surface area contributed by atoms with E-state index in [0.717, 1.165) is 31.6 Å². The third-order valence-electron chi connectivity index (χ3n) is 6.37. The van der Waals surface area contributed by atoms with E-state index in [-0.39, 0.29) is 29.4 Å². The number of carbonyl (C=O) groups excluding carboxylic acids is 2. The molecule has 2 aliphatic rings. The number of nitrogens with one attached hydrogen (secondary N) is 3. The number of rotatable bonds is 9. The van der Waals surface area contributed by atoms with Crippen LogP contribution in [-0.4, -0.2) is 77.2 Å². The highest BCUT2D eigenvalue weighted by Gasteiger charge is 2.31. The van der Waals surface area contributed by atoms with Crippen molar-refractivity contribution in [2.45, 2.75) is 18.9 Å². The lowest BCUT2D eigenvalue weighted by Crippen LogP contribution is -2.51. The number of benzene rings is 1. The lowest BCUT2D eigenvalue weighted by molar-refractivity contribution is -0.117. The predicted molar refractivity (Wildman–Crippen MR) is 136 cm³/mol. The Hall–Kier alpha value is -4.26. The van der Waals surface area contributed by atoms with Crippen LogP contribution in [0.25, 0.3) is 11.4 Å². The van der Waals surface area contributed by atoms with Gasteiger partial charge in [-0.2, -0.15) is 5.10 Å². The molecule has 1 aliphatic carbocycles. The molecule has 0 spiro atoms. The summed E-state index contributed by atoms with van der Waals surface area (Å²) in [5.74, 6) is 0.685. The first-order valence-corrected chi connectivity index (χ1v) is 11.9. The minimum atomic E-state index is -0.428. The highest BCUT2D eigenvalue weighted by atomic mass is 16.5. The minimum absolute atomic E-state index is 0.00511. The van der Waals surface area contributed by atoms with Crippen LogP contribution in [-0.2, 0) is 16.6 Å². The van der Waals surface area contributed by atoms with Gasteiger partial charge in [-0.05, 0) is 25.0 Å². The topological polar surface area (TPSA) is 148 Å². The number of carbonyl (C=O) groups is 2. The van der Waals surface area contributed by atoms with E-state index >= 15 is 0 Å².